The topological polar surface area (TPSA) is 60.2 Å². The first-order valence-corrected chi connectivity index (χ1v) is 7.67. The quantitative estimate of drug-likeness (QED) is 0.623. The molecule has 1 aliphatic rings. The molecule has 4 nitrogen and oxygen atoms in total. The van der Waals surface area contributed by atoms with E-state index in [1.165, 1.54) is 24.1 Å². The van der Waals surface area contributed by atoms with Gasteiger partial charge in [0.1, 0.15) is 10.8 Å². The Kier molecular flexibility index (Phi) is 5.31. The van der Waals surface area contributed by atoms with Gasteiger partial charge in [-0.15, -0.1) is 0 Å². The van der Waals surface area contributed by atoms with Crippen molar-refractivity contribution in [3.8, 4) is 0 Å². The van der Waals surface area contributed by atoms with E-state index in [0.717, 1.165) is 24.2 Å². The van der Waals surface area contributed by atoms with Crippen molar-refractivity contribution in [2.24, 2.45) is 5.73 Å². The number of rotatable bonds is 6. The van der Waals surface area contributed by atoms with Gasteiger partial charge in [0.2, 0.25) is 0 Å². The van der Waals surface area contributed by atoms with Gasteiger partial charge in [0.15, 0.2) is 0 Å². The molecule has 1 aromatic heterocycles. The number of nitrogens with one attached hydrogen (secondary N) is 1. The molecule has 2 rings (SSSR count). The molecule has 0 aromatic carbocycles. The van der Waals surface area contributed by atoms with Crippen LogP contribution in [0.4, 0.5) is 5.82 Å². The van der Waals surface area contributed by atoms with E-state index in [0.29, 0.717) is 18.1 Å². The van der Waals surface area contributed by atoms with Crippen molar-refractivity contribution >= 4 is 23.0 Å². The highest BCUT2D eigenvalue weighted by atomic mass is 32.1. The number of fused-ring (bicyclic) bond motifs is 1. The number of aromatic nitrogens is 1. The van der Waals surface area contributed by atoms with Crippen LogP contribution in [0.25, 0.3) is 0 Å². The Morgan fingerprint density at radius 3 is 2.90 bits per heavy atom. The summed E-state index contributed by atoms with van der Waals surface area (Å²) in [5.74, 6) is 0.797. The molecule has 0 amide bonds. The summed E-state index contributed by atoms with van der Waals surface area (Å²) >= 11 is 5.14. The molecule has 0 fully saturated rings. The van der Waals surface area contributed by atoms with E-state index in [4.69, 9.17) is 27.7 Å². The summed E-state index contributed by atoms with van der Waals surface area (Å²) in [6, 6.07) is 2.11. The molecule has 0 aliphatic heterocycles. The largest absolute Gasteiger partial charge is 0.389 e. The summed E-state index contributed by atoms with van der Waals surface area (Å²) in [5, 5.41) is 3.30. The van der Waals surface area contributed by atoms with Gasteiger partial charge >= 0.3 is 0 Å². The molecule has 0 unspecified atom stereocenters. The number of thiocarbonyl (C=S) groups is 1. The zero-order valence-electron chi connectivity index (χ0n) is 12.2. The Balaban J connectivity index is 2.11. The molecule has 0 spiro atoms. The molecule has 1 aliphatic carbocycles. The van der Waals surface area contributed by atoms with E-state index in [1.807, 2.05) is 13.8 Å². The number of hydrogen-bond acceptors (Lipinski definition) is 4. The number of aryl methyl sites for hydroxylation is 2. The summed E-state index contributed by atoms with van der Waals surface area (Å²) in [6.45, 7) is 5.40. The average molecular weight is 293 g/mol. The predicted molar refractivity (Wildman–Crippen MR) is 86.3 cm³/mol. The van der Waals surface area contributed by atoms with E-state index < -0.39 is 0 Å². The van der Waals surface area contributed by atoms with E-state index >= 15 is 0 Å². The minimum Gasteiger partial charge on any atom is -0.389 e. The Morgan fingerprint density at radius 2 is 2.20 bits per heavy atom. The lowest BCUT2D eigenvalue weighted by Gasteiger charge is -2.19. The predicted octanol–water partition coefficient (Wildman–Crippen LogP) is 2.43. The minimum atomic E-state index is 0.239. The van der Waals surface area contributed by atoms with Gasteiger partial charge in [0.05, 0.1) is 18.3 Å². The van der Waals surface area contributed by atoms with Crippen LogP contribution in [0.2, 0.25) is 0 Å². The second-order valence-corrected chi connectivity index (χ2v) is 5.85. The maximum absolute atomic E-state index is 5.82. The van der Waals surface area contributed by atoms with Gasteiger partial charge in [0.25, 0.3) is 0 Å². The summed E-state index contributed by atoms with van der Waals surface area (Å²) in [5.41, 5.74) is 9.15. The lowest BCUT2D eigenvalue weighted by molar-refractivity contribution is 0.0870. The smallest absolute Gasteiger partial charge is 0.136 e. The van der Waals surface area contributed by atoms with Crippen LogP contribution in [0.5, 0.6) is 0 Å². The molecule has 0 saturated carbocycles. The first-order valence-electron chi connectivity index (χ1n) is 7.26. The van der Waals surface area contributed by atoms with Gasteiger partial charge in [0, 0.05) is 12.2 Å². The molecule has 3 N–H and O–H groups in total. The second kappa shape index (κ2) is 6.99. The van der Waals surface area contributed by atoms with Crippen LogP contribution in [0, 0.1) is 0 Å². The number of anilines is 1. The van der Waals surface area contributed by atoms with Crippen LogP contribution in [0.3, 0.4) is 0 Å². The van der Waals surface area contributed by atoms with Gasteiger partial charge in [-0.2, -0.15) is 0 Å². The number of nitrogens with two attached hydrogens (primary N) is 1. The number of nitrogens with zero attached hydrogens (tertiary/aromatic N) is 1. The van der Waals surface area contributed by atoms with Crippen molar-refractivity contribution in [3.05, 3.63) is 22.9 Å². The molecule has 0 atom stereocenters. The zero-order chi connectivity index (χ0) is 14.5. The normalized spacial score (nSPS) is 14.2. The Hall–Kier alpha value is -1.20. The average Bonchev–Trinajstić information content (AvgIpc) is 2.42. The third-order valence-electron chi connectivity index (χ3n) is 3.41. The molecule has 5 heteroatoms. The second-order valence-electron chi connectivity index (χ2n) is 5.41. The zero-order valence-corrected chi connectivity index (χ0v) is 13.1. The highest BCUT2D eigenvalue weighted by Gasteiger charge is 2.16. The van der Waals surface area contributed by atoms with Gasteiger partial charge in [-0.1, -0.05) is 12.2 Å². The van der Waals surface area contributed by atoms with Crippen LogP contribution < -0.4 is 11.1 Å². The van der Waals surface area contributed by atoms with E-state index in [-0.39, 0.29) is 6.10 Å². The maximum atomic E-state index is 5.82. The molecule has 1 heterocycles. The summed E-state index contributed by atoms with van der Waals surface area (Å²) in [7, 11) is 0. The fourth-order valence-corrected chi connectivity index (χ4v) is 2.58. The molecule has 20 heavy (non-hydrogen) atoms. The number of ether oxygens (including phenoxy) is 1. The summed E-state index contributed by atoms with van der Waals surface area (Å²) in [6.07, 6.45) is 4.80. The molecule has 0 saturated heterocycles. The third-order valence-corrected chi connectivity index (χ3v) is 3.63. The fraction of sp³-hybridized carbons (Fsp3) is 0.600. The van der Waals surface area contributed by atoms with Crippen LogP contribution in [-0.4, -0.2) is 29.2 Å². The lowest BCUT2D eigenvalue weighted by atomic mass is 9.94. The minimum absolute atomic E-state index is 0.239. The molecule has 0 bridgehead atoms. The van der Waals surface area contributed by atoms with Crippen LogP contribution in [0.1, 0.15) is 43.5 Å². The summed E-state index contributed by atoms with van der Waals surface area (Å²) < 4.78 is 5.52. The summed E-state index contributed by atoms with van der Waals surface area (Å²) in [4.78, 5) is 5.12. The molecule has 110 valence electrons. The fourth-order valence-electron chi connectivity index (χ4n) is 2.42. The van der Waals surface area contributed by atoms with Crippen molar-refractivity contribution in [2.45, 2.75) is 45.6 Å². The van der Waals surface area contributed by atoms with Crippen molar-refractivity contribution in [1.29, 1.82) is 0 Å². The highest BCUT2D eigenvalue weighted by Crippen LogP contribution is 2.24. The molecule has 0 radical (unpaired) electrons. The van der Waals surface area contributed by atoms with Crippen LogP contribution in [0.15, 0.2) is 6.07 Å². The van der Waals surface area contributed by atoms with Crippen molar-refractivity contribution < 1.29 is 4.74 Å². The van der Waals surface area contributed by atoms with Crippen molar-refractivity contribution in [3.63, 3.8) is 0 Å². The number of hydrogen-bond donors (Lipinski definition) is 2. The standard InChI is InChI=1S/C15H23N3OS/c1-10(2)19-8-7-17-15-12(14(16)20)9-11-5-3-4-6-13(11)18-15/h9-10H,3-8H2,1-2H3,(H2,16,20)(H,17,18). The third kappa shape index (κ3) is 3.90. The van der Waals surface area contributed by atoms with Crippen molar-refractivity contribution in [2.75, 3.05) is 18.5 Å². The molecule has 1 aromatic rings. The monoisotopic (exact) mass is 293 g/mol. The Bertz CT molecular complexity index is 488. The first-order chi connectivity index (χ1) is 9.58. The SMILES string of the molecule is CC(C)OCCNc1nc2c(cc1C(N)=S)CCCC2. The number of pyridine rings is 1. The van der Waals surface area contributed by atoms with E-state index in [1.54, 1.807) is 0 Å². The van der Waals surface area contributed by atoms with Crippen LogP contribution >= 0.6 is 12.2 Å². The molecular weight excluding hydrogens is 270 g/mol. The van der Waals surface area contributed by atoms with Gasteiger partial charge in [-0.05, 0) is 51.2 Å². The highest BCUT2D eigenvalue weighted by molar-refractivity contribution is 7.80. The first kappa shape index (κ1) is 15.2. The molecular formula is C15H23N3OS. The van der Waals surface area contributed by atoms with E-state index in [9.17, 15) is 0 Å². The maximum Gasteiger partial charge on any atom is 0.136 e. The van der Waals surface area contributed by atoms with E-state index in [2.05, 4.69) is 11.4 Å². The van der Waals surface area contributed by atoms with Crippen LogP contribution in [-0.2, 0) is 17.6 Å². The Labute approximate surface area is 126 Å². The Morgan fingerprint density at radius 1 is 1.45 bits per heavy atom. The van der Waals surface area contributed by atoms with Crippen molar-refractivity contribution in [1.82, 2.24) is 4.98 Å². The van der Waals surface area contributed by atoms with Gasteiger partial charge < -0.3 is 15.8 Å². The lowest BCUT2D eigenvalue weighted by Crippen LogP contribution is -2.20. The van der Waals surface area contributed by atoms with Gasteiger partial charge in [-0.3, -0.25) is 0 Å². The van der Waals surface area contributed by atoms with Gasteiger partial charge in [-0.25, -0.2) is 4.98 Å².